The molecular weight excluding hydrogens is 256 g/mol. The zero-order valence-electron chi connectivity index (χ0n) is 11.6. The fourth-order valence-electron chi connectivity index (χ4n) is 2.26. The molecule has 2 heterocycles. The van der Waals surface area contributed by atoms with E-state index in [0.29, 0.717) is 13.2 Å². The van der Waals surface area contributed by atoms with Crippen LogP contribution in [0.5, 0.6) is 11.5 Å². The van der Waals surface area contributed by atoms with E-state index >= 15 is 0 Å². The predicted octanol–water partition coefficient (Wildman–Crippen LogP) is 1.83. The lowest BCUT2D eigenvalue weighted by Crippen LogP contribution is -2.11. The molecule has 0 fully saturated rings. The summed E-state index contributed by atoms with van der Waals surface area (Å²) < 4.78 is 13.1. The summed E-state index contributed by atoms with van der Waals surface area (Å²) in [4.78, 5) is 4.21. The molecule has 2 aromatic rings. The standard InChI is InChI=1S/C14H18N4O2/c1-9(2)18-14(16-8-17-18)7-19-10-3-4-11-12(15)6-20-13(11)5-10/h3-5,8-9,12H,6-7,15H2,1-2H3. The van der Waals surface area contributed by atoms with Crippen molar-refractivity contribution in [2.45, 2.75) is 32.5 Å². The summed E-state index contributed by atoms with van der Waals surface area (Å²) >= 11 is 0. The summed E-state index contributed by atoms with van der Waals surface area (Å²) in [5.41, 5.74) is 6.94. The van der Waals surface area contributed by atoms with Crippen LogP contribution in [0.15, 0.2) is 24.5 Å². The predicted molar refractivity (Wildman–Crippen MR) is 73.6 cm³/mol. The number of hydrogen-bond acceptors (Lipinski definition) is 5. The summed E-state index contributed by atoms with van der Waals surface area (Å²) in [6.07, 6.45) is 1.55. The number of ether oxygens (including phenoxy) is 2. The molecule has 0 radical (unpaired) electrons. The van der Waals surface area contributed by atoms with Gasteiger partial charge < -0.3 is 15.2 Å². The second-order valence-corrected chi connectivity index (χ2v) is 5.12. The maximum absolute atomic E-state index is 5.91. The second-order valence-electron chi connectivity index (χ2n) is 5.12. The zero-order valence-corrected chi connectivity index (χ0v) is 11.6. The number of hydrogen-bond donors (Lipinski definition) is 1. The van der Waals surface area contributed by atoms with E-state index in [-0.39, 0.29) is 12.1 Å². The normalized spacial score (nSPS) is 17.1. The third-order valence-corrected chi connectivity index (χ3v) is 3.31. The third-order valence-electron chi connectivity index (χ3n) is 3.31. The number of aromatic nitrogens is 3. The van der Waals surface area contributed by atoms with Gasteiger partial charge in [-0.2, -0.15) is 5.10 Å². The first-order valence-electron chi connectivity index (χ1n) is 6.68. The highest BCUT2D eigenvalue weighted by atomic mass is 16.5. The van der Waals surface area contributed by atoms with Crippen molar-refractivity contribution >= 4 is 0 Å². The minimum atomic E-state index is -0.0388. The fourth-order valence-corrected chi connectivity index (χ4v) is 2.26. The fraction of sp³-hybridized carbons (Fsp3) is 0.429. The Kier molecular flexibility index (Phi) is 3.31. The summed E-state index contributed by atoms with van der Waals surface area (Å²) in [5.74, 6) is 2.36. The van der Waals surface area contributed by atoms with E-state index in [4.69, 9.17) is 15.2 Å². The summed E-state index contributed by atoms with van der Waals surface area (Å²) in [6.45, 7) is 5.02. The number of rotatable bonds is 4. The first-order chi connectivity index (χ1) is 9.65. The van der Waals surface area contributed by atoms with Crippen LogP contribution in [0.25, 0.3) is 0 Å². The van der Waals surface area contributed by atoms with Crippen LogP contribution in [0.4, 0.5) is 0 Å². The molecule has 1 aromatic carbocycles. The highest BCUT2D eigenvalue weighted by molar-refractivity contribution is 5.44. The van der Waals surface area contributed by atoms with Gasteiger partial charge in [0.05, 0.1) is 6.04 Å². The number of benzene rings is 1. The molecule has 1 aliphatic heterocycles. The topological polar surface area (TPSA) is 75.2 Å². The first-order valence-corrected chi connectivity index (χ1v) is 6.68. The van der Waals surface area contributed by atoms with Crippen LogP contribution in [-0.2, 0) is 6.61 Å². The SMILES string of the molecule is CC(C)n1ncnc1COc1ccc2c(c1)OCC2N. The van der Waals surface area contributed by atoms with Gasteiger partial charge in [-0.3, -0.25) is 0 Å². The third kappa shape index (κ3) is 2.34. The quantitative estimate of drug-likeness (QED) is 0.920. The number of fused-ring (bicyclic) bond motifs is 1. The molecule has 0 spiro atoms. The molecule has 1 aliphatic rings. The Morgan fingerprint density at radius 3 is 3.15 bits per heavy atom. The Bertz CT molecular complexity index is 609. The average molecular weight is 274 g/mol. The van der Waals surface area contributed by atoms with Crippen molar-refractivity contribution in [3.63, 3.8) is 0 Å². The Labute approximate surface area is 117 Å². The highest BCUT2D eigenvalue weighted by Crippen LogP contribution is 2.34. The minimum Gasteiger partial charge on any atom is -0.491 e. The summed E-state index contributed by atoms with van der Waals surface area (Å²) in [5, 5.41) is 4.18. The van der Waals surface area contributed by atoms with Gasteiger partial charge in [-0.05, 0) is 26.0 Å². The largest absolute Gasteiger partial charge is 0.491 e. The molecule has 0 saturated heterocycles. The van der Waals surface area contributed by atoms with Crippen LogP contribution in [0.3, 0.4) is 0 Å². The van der Waals surface area contributed by atoms with Crippen LogP contribution >= 0.6 is 0 Å². The molecule has 0 bridgehead atoms. The minimum absolute atomic E-state index is 0.0388. The lowest BCUT2D eigenvalue weighted by Gasteiger charge is -2.11. The van der Waals surface area contributed by atoms with Gasteiger partial charge in [0.25, 0.3) is 0 Å². The van der Waals surface area contributed by atoms with Gasteiger partial charge in [0.1, 0.15) is 31.0 Å². The van der Waals surface area contributed by atoms with Gasteiger partial charge in [0, 0.05) is 17.7 Å². The lowest BCUT2D eigenvalue weighted by molar-refractivity contribution is 0.279. The van der Waals surface area contributed by atoms with E-state index < -0.39 is 0 Å². The first kappa shape index (κ1) is 12.9. The highest BCUT2D eigenvalue weighted by Gasteiger charge is 2.21. The molecule has 3 rings (SSSR count). The Morgan fingerprint density at radius 2 is 2.35 bits per heavy atom. The maximum atomic E-state index is 5.91. The molecule has 1 aromatic heterocycles. The number of nitrogens with two attached hydrogens (primary N) is 1. The van der Waals surface area contributed by atoms with Crippen molar-refractivity contribution in [1.82, 2.24) is 14.8 Å². The van der Waals surface area contributed by atoms with Crippen molar-refractivity contribution in [1.29, 1.82) is 0 Å². The Morgan fingerprint density at radius 1 is 1.50 bits per heavy atom. The van der Waals surface area contributed by atoms with Gasteiger partial charge in [0.15, 0.2) is 5.82 Å². The second kappa shape index (κ2) is 5.13. The molecule has 2 N–H and O–H groups in total. The molecular formula is C14H18N4O2. The van der Waals surface area contributed by atoms with Gasteiger partial charge in [-0.15, -0.1) is 0 Å². The summed E-state index contributed by atoms with van der Waals surface area (Å²) in [7, 11) is 0. The van der Waals surface area contributed by atoms with Crippen LogP contribution in [0.1, 0.15) is 37.3 Å². The lowest BCUT2D eigenvalue weighted by atomic mass is 10.1. The molecule has 20 heavy (non-hydrogen) atoms. The monoisotopic (exact) mass is 274 g/mol. The van der Waals surface area contributed by atoms with Crippen molar-refractivity contribution in [3.8, 4) is 11.5 Å². The van der Waals surface area contributed by atoms with Gasteiger partial charge >= 0.3 is 0 Å². The molecule has 0 amide bonds. The van der Waals surface area contributed by atoms with E-state index in [1.165, 1.54) is 0 Å². The van der Waals surface area contributed by atoms with E-state index in [2.05, 4.69) is 23.9 Å². The van der Waals surface area contributed by atoms with Crippen molar-refractivity contribution in [2.75, 3.05) is 6.61 Å². The van der Waals surface area contributed by atoms with E-state index in [1.807, 2.05) is 22.9 Å². The molecule has 6 nitrogen and oxygen atoms in total. The van der Waals surface area contributed by atoms with Crippen LogP contribution < -0.4 is 15.2 Å². The van der Waals surface area contributed by atoms with Crippen molar-refractivity contribution in [3.05, 3.63) is 35.9 Å². The van der Waals surface area contributed by atoms with E-state index in [1.54, 1.807) is 6.33 Å². The zero-order chi connectivity index (χ0) is 14.1. The van der Waals surface area contributed by atoms with Gasteiger partial charge in [-0.25, -0.2) is 9.67 Å². The molecule has 106 valence electrons. The Hall–Kier alpha value is -2.08. The Balaban J connectivity index is 1.71. The van der Waals surface area contributed by atoms with Gasteiger partial charge in [-0.1, -0.05) is 0 Å². The maximum Gasteiger partial charge on any atom is 0.165 e. The average Bonchev–Trinajstić information content (AvgIpc) is 3.03. The van der Waals surface area contributed by atoms with Crippen LogP contribution in [-0.4, -0.2) is 21.4 Å². The van der Waals surface area contributed by atoms with Crippen molar-refractivity contribution in [2.24, 2.45) is 5.73 Å². The number of nitrogens with zero attached hydrogens (tertiary/aromatic N) is 3. The van der Waals surface area contributed by atoms with Gasteiger partial charge in [0.2, 0.25) is 0 Å². The van der Waals surface area contributed by atoms with Crippen LogP contribution in [0.2, 0.25) is 0 Å². The molecule has 6 heteroatoms. The molecule has 0 aliphatic carbocycles. The molecule has 1 unspecified atom stereocenters. The van der Waals surface area contributed by atoms with E-state index in [0.717, 1.165) is 22.9 Å². The van der Waals surface area contributed by atoms with Crippen LogP contribution in [0, 0.1) is 0 Å². The molecule has 1 atom stereocenters. The molecule has 0 saturated carbocycles. The smallest absolute Gasteiger partial charge is 0.165 e. The van der Waals surface area contributed by atoms with E-state index in [9.17, 15) is 0 Å². The van der Waals surface area contributed by atoms with Crippen molar-refractivity contribution < 1.29 is 9.47 Å². The summed E-state index contributed by atoms with van der Waals surface area (Å²) in [6, 6.07) is 5.96.